The van der Waals surface area contributed by atoms with Crippen LogP contribution in [0.4, 0.5) is 0 Å². The van der Waals surface area contributed by atoms with Crippen LogP contribution in [0.5, 0.6) is 0 Å². The number of nitrogens with zero attached hydrogens (tertiary/aromatic N) is 1. The van der Waals surface area contributed by atoms with E-state index in [1.165, 1.54) is 0 Å². The van der Waals surface area contributed by atoms with Crippen LogP contribution in [0.2, 0.25) is 10.0 Å². The average Bonchev–Trinajstić information content (AvgIpc) is 2.49. The molecule has 0 N–H and O–H groups in total. The summed E-state index contributed by atoms with van der Waals surface area (Å²) in [6.45, 7) is 0. The zero-order valence-corrected chi connectivity index (χ0v) is 12.0. The lowest BCUT2D eigenvalue weighted by Crippen LogP contribution is -1.86. The van der Waals surface area contributed by atoms with E-state index in [-0.39, 0.29) is 0 Å². The molecule has 1 nitrogen and oxygen atoms in total. The summed E-state index contributed by atoms with van der Waals surface area (Å²) in [6.07, 6.45) is 1.78. The van der Waals surface area contributed by atoms with Gasteiger partial charge in [0.25, 0.3) is 0 Å². The number of rotatable bonds is 2. The lowest BCUT2D eigenvalue weighted by Gasteiger charge is -2.05. The number of hydrogen-bond donors (Lipinski definition) is 0. The minimum atomic E-state index is 0.711. The Morgan fingerprint density at radius 3 is 1.85 bits per heavy atom. The lowest BCUT2D eigenvalue weighted by atomic mass is 10.0. The summed E-state index contributed by atoms with van der Waals surface area (Å²) in [7, 11) is 0. The molecule has 0 aliphatic heterocycles. The van der Waals surface area contributed by atoms with Crippen LogP contribution in [-0.4, -0.2) is 4.98 Å². The Labute approximate surface area is 127 Å². The van der Waals surface area contributed by atoms with Gasteiger partial charge in [-0.1, -0.05) is 47.5 Å². The van der Waals surface area contributed by atoms with Gasteiger partial charge in [-0.25, -0.2) is 0 Å². The van der Waals surface area contributed by atoms with Crippen LogP contribution in [-0.2, 0) is 0 Å². The summed E-state index contributed by atoms with van der Waals surface area (Å²) in [5.41, 5.74) is 3.84. The van der Waals surface area contributed by atoms with Crippen molar-refractivity contribution in [1.29, 1.82) is 0 Å². The molecule has 0 bridgehead atoms. The zero-order chi connectivity index (χ0) is 13.9. The monoisotopic (exact) mass is 298 g/mol. The molecule has 1 heterocycles. The average molecular weight is 299 g/mol. The van der Waals surface area contributed by atoms with Gasteiger partial charge in [-0.15, -0.1) is 0 Å². The number of pyridine rings is 1. The minimum Gasteiger partial charge on any atom is -0.256 e. The van der Waals surface area contributed by atoms with E-state index in [2.05, 4.69) is 11.1 Å². The van der Waals surface area contributed by atoms with E-state index in [9.17, 15) is 0 Å². The molecule has 3 heteroatoms. The van der Waals surface area contributed by atoms with Crippen molar-refractivity contribution in [1.82, 2.24) is 4.98 Å². The Morgan fingerprint density at radius 1 is 0.700 bits per heavy atom. The second-order valence-corrected chi connectivity index (χ2v) is 5.22. The molecule has 97 valence electrons. The Balaban J connectivity index is 2.01. The smallest absolute Gasteiger partial charge is 0.0787 e. The summed E-state index contributed by atoms with van der Waals surface area (Å²) < 4.78 is 0. The molecule has 0 saturated carbocycles. The van der Waals surface area contributed by atoms with Crippen molar-refractivity contribution >= 4 is 23.2 Å². The molecule has 0 saturated heterocycles. The normalized spacial score (nSPS) is 10.5. The fourth-order valence-electron chi connectivity index (χ4n) is 1.94. The highest BCUT2D eigenvalue weighted by atomic mass is 35.5. The highest BCUT2D eigenvalue weighted by molar-refractivity contribution is 6.30. The van der Waals surface area contributed by atoms with Gasteiger partial charge in [-0.2, -0.15) is 0 Å². The SMILES string of the molecule is Clc1ccc(-c2[c]c(-c3ccc(Cl)cc3)ncc2)cc1. The molecule has 0 spiro atoms. The van der Waals surface area contributed by atoms with Crippen molar-refractivity contribution in [2.24, 2.45) is 0 Å². The van der Waals surface area contributed by atoms with E-state index in [0.29, 0.717) is 5.02 Å². The van der Waals surface area contributed by atoms with Crippen molar-refractivity contribution < 1.29 is 0 Å². The van der Waals surface area contributed by atoms with Gasteiger partial charge in [0.05, 0.1) is 5.69 Å². The lowest BCUT2D eigenvalue weighted by molar-refractivity contribution is 1.32. The van der Waals surface area contributed by atoms with Gasteiger partial charge in [0.1, 0.15) is 0 Å². The van der Waals surface area contributed by atoms with E-state index in [0.717, 1.165) is 27.4 Å². The van der Waals surface area contributed by atoms with Gasteiger partial charge >= 0.3 is 0 Å². The molecule has 3 aromatic rings. The molecule has 0 amide bonds. The molecule has 1 aromatic heterocycles. The van der Waals surface area contributed by atoms with Gasteiger partial charge in [0, 0.05) is 27.9 Å². The predicted octanol–water partition coefficient (Wildman–Crippen LogP) is 5.52. The second kappa shape index (κ2) is 5.66. The third-order valence-corrected chi connectivity index (χ3v) is 3.47. The van der Waals surface area contributed by atoms with E-state index in [1.54, 1.807) is 6.20 Å². The molecule has 20 heavy (non-hydrogen) atoms. The Bertz CT molecular complexity index is 658. The molecule has 0 aliphatic carbocycles. The number of hydrogen-bond acceptors (Lipinski definition) is 1. The van der Waals surface area contributed by atoms with Gasteiger partial charge in [0.2, 0.25) is 0 Å². The number of benzene rings is 2. The number of aromatic nitrogens is 1. The molecule has 3 rings (SSSR count). The van der Waals surface area contributed by atoms with Crippen molar-refractivity contribution in [3.05, 3.63) is 76.9 Å². The first-order valence-corrected chi connectivity index (χ1v) is 6.88. The first-order chi connectivity index (χ1) is 9.72. The van der Waals surface area contributed by atoms with Crippen molar-refractivity contribution in [3.63, 3.8) is 0 Å². The van der Waals surface area contributed by atoms with E-state index < -0.39 is 0 Å². The van der Waals surface area contributed by atoms with E-state index in [1.807, 2.05) is 54.6 Å². The standard InChI is InChI=1S/C17H10Cl2N/c18-15-5-1-12(2-6-15)14-9-10-20-17(11-14)13-3-7-16(19)8-4-13/h1-10H. The van der Waals surface area contributed by atoms with Crippen LogP contribution in [0.1, 0.15) is 0 Å². The second-order valence-electron chi connectivity index (χ2n) is 4.35. The highest BCUT2D eigenvalue weighted by Gasteiger charge is 2.03. The van der Waals surface area contributed by atoms with Gasteiger partial charge in [-0.3, -0.25) is 4.98 Å². The van der Waals surface area contributed by atoms with E-state index >= 15 is 0 Å². The number of halogens is 2. The molecular formula is C17H10Cl2N. The molecule has 0 atom stereocenters. The fraction of sp³-hybridized carbons (Fsp3) is 0. The summed E-state index contributed by atoms with van der Waals surface area (Å²) in [6, 6.07) is 20.5. The Hall–Kier alpha value is -1.83. The summed E-state index contributed by atoms with van der Waals surface area (Å²) in [5, 5.41) is 1.43. The maximum Gasteiger partial charge on any atom is 0.0787 e. The predicted molar refractivity (Wildman–Crippen MR) is 84.0 cm³/mol. The first kappa shape index (κ1) is 13.2. The molecule has 2 aromatic carbocycles. The van der Waals surface area contributed by atoms with Crippen LogP contribution < -0.4 is 0 Å². The largest absolute Gasteiger partial charge is 0.256 e. The summed E-state index contributed by atoms with van der Waals surface area (Å²) >= 11 is 11.8. The highest BCUT2D eigenvalue weighted by Crippen LogP contribution is 2.25. The summed E-state index contributed by atoms with van der Waals surface area (Å²) in [4.78, 5) is 4.36. The van der Waals surface area contributed by atoms with Gasteiger partial charge in [-0.05, 0) is 41.5 Å². The molecule has 0 aliphatic rings. The fourth-order valence-corrected chi connectivity index (χ4v) is 2.19. The van der Waals surface area contributed by atoms with Gasteiger partial charge < -0.3 is 0 Å². The summed E-state index contributed by atoms with van der Waals surface area (Å²) in [5.74, 6) is 0. The maximum atomic E-state index is 5.91. The van der Waals surface area contributed by atoms with Crippen molar-refractivity contribution in [2.45, 2.75) is 0 Å². The van der Waals surface area contributed by atoms with Gasteiger partial charge in [0.15, 0.2) is 0 Å². The maximum absolute atomic E-state index is 5.91. The molecular weight excluding hydrogens is 289 g/mol. The topological polar surface area (TPSA) is 12.9 Å². The van der Waals surface area contributed by atoms with Crippen LogP contribution >= 0.6 is 23.2 Å². The van der Waals surface area contributed by atoms with Crippen molar-refractivity contribution in [2.75, 3.05) is 0 Å². The Morgan fingerprint density at radius 2 is 1.25 bits per heavy atom. The molecule has 1 radical (unpaired) electrons. The van der Waals surface area contributed by atoms with E-state index in [4.69, 9.17) is 23.2 Å². The third kappa shape index (κ3) is 2.84. The quantitative estimate of drug-likeness (QED) is 0.607. The van der Waals surface area contributed by atoms with Crippen LogP contribution in [0.3, 0.4) is 0 Å². The van der Waals surface area contributed by atoms with Crippen molar-refractivity contribution in [3.8, 4) is 22.4 Å². The zero-order valence-electron chi connectivity index (χ0n) is 10.5. The van der Waals surface area contributed by atoms with Crippen LogP contribution in [0, 0.1) is 6.07 Å². The van der Waals surface area contributed by atoms with Crippen LogP contribution in [0.15, 0.2) is 60.8 Å². The Kier molecular flexibility index (Phi) is 3.72. The third-order valence-electron chi connectivity index (χ3n) is 2.97. The first-order valence-electron chi connectivity index (χ1n) is 6.12. The minimum absolute atomic E-state index is 0.711. The molecule has 0 unspecified atom stereocenters. The van der Waals surface area contributed by atoms with Crippen LogP contribution in [0.25, 0.3) is 22.4 Å². The molecule has 0 fully saturated rings.